The van der Waals surface area contributed by atoms with Gasteiger partial charge in [-0.3, -0.25) is 0 Å². The molecule has 0 bridgehead atoms. The van der Waals surface area contributed by atoms with E-state index >= 15 is 0 Å². The van der Waals surface area contributed by atoms with Crippen LogP contribution in [0.4, 0.5) is 0 Å². The third-order valence-electron chi connectivity index (χ3n) is 4.28. The molecule has 31 heavy (non-hydrogen) atoms. The Morgan fingerprint density at radius 3 is 2.39 bits per heavy atom. The zero-order valence-electron chi connectivity index (χ0n) is 16.7. The van der Waals surface area contributed by atoms with E-state index in [-0.39, 0.29) is 0 Å². The molecule has 0 saturated carbocycles. The first-order valence-electron chi connectivity index (χ1n) is 9.51. The van der Waals surface area contributed by atoms with Crippen LogP contribution in [0.1, 0.15) is 23.6 Å². The molecule has 0 radical (unpaired) electrons. The highest BCUT2D eigenvalue weighted by molar-refractivity contribution is 9.10. The Morgan fingerprint density at radius 2 is 1.68 bits per heavy atom. The van der Waals surface area contributed by atoms with Gasteiger partial charge in [-0.1, -0.05) is 59.1 Å². The molecule has 0 fully saturated rings. The number of benzene rings is 3. The van der Waals surface area contributed by atoms with E-state index in [9.17, 15) is 0 Å². The first-order valence-corrected chi connectivity index (χ1v) is 11.4. The number of nitrogens with zero attached hydrogens (tertiary/aromatic N) is 1. The minimum absolute atomic E-state index is 0.325. The van der Waals surface area contributed by atoms with Crippen molar-refractivity contribution in [3.63, 3.8) is 0 Å². The molecule has 0 atom stereocenters. The average Bonchev–Trinajstić information content (AvgIpc) is 2.73. The standard InChI is InChI=1S/C23H20BrCl3N2O2/c1-2-30-22-11-15(12-28-29-13-17-20(26)8-5-9-21(17)27)10-18(24)23(22)31-14-16-6-3-4-7-19(16)25/h3-12,29H,2,13-14H2,1H3/b28-12+. The number of hydrogen-bond acceptors (Lipinski definition) is 4. The Hall–Kier alpha value is -1.92. The topological polar surface area (TPSA) is 42.8 Å². The van der Waals surface area contributed by atoms with Gasteiger partial charge in [-0.25, -0.2) is 0 Å². The van der Waals surface area contributed by atoms with Crippen LogP contribution in [0.3, 0.4) is 0 Å². The highest BCUT2D eigenvalue weighted by Gasteiger charge is 2.13. The molecule has 0 aliphatic heterocycles. The van der Waals surface area contributed by atoms with Gasteiger partial charge in [0.25, 0.3) is 0 Å². The van der Waals surface area contributed by atoms with E-state index in [0.717, 1.165) is 21.2 Å². The maximum Gasteiger partial charge on any atom is 0.175 e. The third kappa shape index (κ3) is 6.53. The minimum atomic E-state index is 0.325. The number of halogens is 4. The lowest BCUT2D eigenvalue weighted by Gasteiger charge is -2.15. The fraction of sp³-hybridized carbons (Fsp3) is 0.174. The van der Waals surface area contributed by atoms with E-state index in [4.69, 9.17) is 44.3 Å². The van der Waals surface area contributed by atoms with Gasteiger partial charge < -0.3 is 14.9 Å². The van der Waals surface area contributed by atoms with Crippen LogP contribution in [0.25, 0.3) is 0 Å². The average molecular weight is 543 g/mol. The largest absolute Gasteiger partial charge is 0.490 e. The zero-order chi connectivity index (χ0) is 22.2. The van der Waals surface area contributed by atoms with E-state index in [1.807, 2.05) is 43.3 Å². The van der Waals surface area contributed by atoms with Crippen molar-refractivity contribution >= 4 is 56.9 Å². The molecule has 0 amide bonds. The fourth-order valence-electron chi connectivity index (χ4n) is 2.78. The summed E-state index contributed by atoms with van der Waals surface area (Å²) in [6.45, 7) is 3.15. The van der Waals surface area contributed by atoms with Crippen LogP contribution in [0, 0.1) is 0 Å². The van der Waals surface area contributed by atoms with Crippen molar-refractivity contribution < 1.29 is 9.47 Å². The van der Waals surface area contributed by atoms with Crippen LogP contribution in [0.15, 0.2) is 64.2 Å². The van der Waals surface area contributed by atoms with Gasteiger partial charge in [0.15, 0.2) is 11.5 Å². The van der Waals surface area contributed by atoms with Crippen molar-refractivity contribution in [2.45, 2.75) is 20.1 Å². The van der Waals surface area contributed by atoms with E-state index in [1.165, 1.54) is 0 Å². The van der Waals surface area contributed by atoms with Crippen LogP contribution in [-0.2, 0) is 13.2 Å². The van der Waals surface area contributed by atoms with Gasteiger partial charge in [0, 0.05) is 26.2 Å². The Bertz CT molecular complexity index is 1060. The molecule has 0 aliphatic carbocycles. The van der Waals surface area contributed by atoms with Crippen molar-refractivity contribution in [1.82, 2.24) is 5.43 Å². The van der Waals surface area contributed by atoms with Crippen molar-refractivity contribution in [3.05, 3.63) is 90.8 Å². The summed E-state index contributed by atoms with van der Waals surface area (Å²) in [4.78, 5) is 0. The van der Waals surface area contributed by atoms with Crippen LogP contribution >= 0.6 is 50.7 Å². The Balaban J connectivity index is 1.71. The Morgan fingerprint density at radius 1 is 0.968 bits per heavy atom. The SMILES string of the molecule is CCOc1cc(/C=N/NCc2c(Cl)cccc2Cl)cc(Br)c1OCc1ccccc1Cl. The highest BCUT2D eigenvalue weighted by Crippen LogP contribution is 2.37. The smallest absolute Gasteiger partial charge is 0.175 e. The lowest BCUT2D eigenvalue weighted by molar-refractivity contribution is 0.267. The van der Waals surface area contributed by atoms with Gasteiger partial charge in [0.2, 0.25) is 0 Å². The summed E-state index contributed by atoms with van der Waals surface area (Å²) >= 11 is 22.2. The second-order valence-corrected chi connectivity index (χ2v) is 8.51. The molecule has 1 N–H and O–H groups in total. The first kappa shape index (κ1) is 23.7. The molecule has 0 unspecified atom stereocenters. The van der Waals surface area contributed by atoms with Crippen LogP contribution in [-0.4, -0.2) is 12.8 Å². The van der Waals surface area contributed by atoms with Gasteiger partial charge in [0.1, 0.15) is 6.61 Å². The molecule has 162 valence electrons. The summed E-state index contributed by atoms with van der Waals surface area (Å²) in [5.74, 6) is 1.22. The van der Waals surface area contributed by atoms with Crippen LogP contribution in [0.2, 0.25) is 15.1 Å². The molecule has 0 heterocycles. The summed E-state index contributed by atoms with van der Waals surface area (Å²) in [7, 11) is 0. The summed E-state index contributed by atoms with van der Waals surface area (Å²) < 4.78 is 12.5. The molecule has 0 aromatic heterocycles. The number of rotatable bonds is 9. The van der Waals surface area contributed by atoms with Gasteiger partial charge in [-0.2, -0.15) is 5.10 Å². The number of ether oxygens (including phenoxy) is 2. The van der Waals surface area contributed by atoms with E-state index in [2.05, 4.69) is 26.5 Å². The van der Waals surface area contributed by atoms with E-state index in [1.54, 1.807) is 24.4 Å². The summed E-state index contributed by atoms with van der Waals surface area (Å²) in [5, 5.41) is 6.11. The normalized spacial score (nSPS) is 11.0. The van der Waals surface area contributed by atoms with Gasteiger partial charge in [0.05, 0.1) is 23.8 Å². The van der Waals surface area contributed by atoms with Crippen molar-refractivity contribution in [1.29, 1.82) is 0 Å². The number of hydrazone groups is 1. The number of hydrogen-bond donors (Lipinski definition) is 1. The molecule has 8 heteroatoms. The van der Waals surface area contributed by atoms with Crippen LogP contribution < -0.4 is 14.9 Å². The molecule has 3 aromatic carbocycles. The summed E-state index contributed by atoms with van der Waals surface area (Å²) in [5.41, 5.74) is 5.49. The summed E-state index contributed by atoms with van der Waals surface area (Å²) in [6.07, 6.45) is 1.69. The molecule has 0 saturated heterocycles. The Kier molecular flexibility index (Phi) is 8.90. The Labute approximate surface area is 205 Å². The maximum atomic E-state index is 6.23. The molecule has 4 nitrogen and oxygen atoms in total. The second kappa shape index (κ2) is 11.6. The summed E-state index contributed by atoms with van der Waals surface area (Å²) in [6, 6.07) is 16.7. The highest BCUT2D eigenvalue weighted by atomic mass is 79.9. The molecular weight excluding hydrogens is 523 g/mol. The predicted molar refractivity (Wildman–Crippen MR) is 132 cm³/mol. The van der Waals surface area contributed by atoms with E-state index in [0.29, 0.717) is 46.3 Å². The second-order valence-electron chi connectivity index (χ2n) is 6.44. The minimum Gasteiger partial charge on any atom is -0.490 e. The van der Waals surface area contributed by atoms with Gasteiger partial charge >= 0.3 is 0 Å². The fourth-order valence-corrected chi connectivity index (χ4v) is 4.07. The maximum absolute atomic E-state index is 6.23. The predicted octanol–water partition coefficient (Wildman–Crippen LogP) is 7.51. The molecule has 3 rings (SSSR count). The molecule has 0 aliphatic rings. The third-order valence-corrected chi connectivity index (χ3v) is 5.95. The number of nitrogens with one attached hydrogen (secondary N) is 1. The molecule has 0 spiro atoms. The first-order chi connectivity index (χ1) is 15.0. The van der Waals surface area contributed by atoms with Crippen LogP contribution in [0.5, 0.6) is 11.5 Å². The van der Waals surface area contributed by atoms with Gasteiger partial charge in [-0.05, 0) is 58.7 Å². The van der Waals surface area contributed by atoms with E-state index < -0.39 is 0 Å². The van der Waals surface area contributed by atoms with Crippen molar-refractivity contribution in [2.75, 3.05) is 6.61 Å². The molecule has 3 aromatic rings. The lowest BCUT2D eigenvalue weighted by atomic mass is 10.2. The van der Waals surface area contributed by atoms with Gasteiger partial charge in [-0.15, -0.1) is 0 Å². The molecular formula is C23H20BrCl3N2O2. The van der Waals surface area contributed by atoms with Crippen molar-refractivity contribution in [2.24, 2.45) is 5.10 Å². The van der Waals surface area contributed by atoms with Crippen molar-refractivity contribution in [3.8, 4) is 11.5 Å². The quantitative estimate of drug-likeness (QED) is 0.225. The monoisotopic (exact) mass is 540 g/mol. The zero-order valence-corrected chi connectivity index (χ0v) is 20.5. The lowest BCUT2D eigenvalue weighted by Crippen LogP contribution is -2.07.